The molecule has 0 aromatic heterocycles. The predicted octanol–water partition coefficient (Wildman–Crippen LogP) is -0.111. The van der Waals surface area contributed by atoms with Crippen molar-refractivity contribution in [3.63, 3.8) is 0 Å². The van der Waals surface area contributed by atoms with Gasteiger partial charge in [-0.05, 0) is 25.3 Å². The fourth-order valence-corrected chi connectivity index (χ4v) is 1.83. The highest BCUT2D eigenvalue weighted by Gasteiger charge is 2.33. The molecule has 0 unspecified atom stereocenters. The zero-order valence-electron chi connectivity index (χ0n) is 9.12. The molecule has 84 valence electrons. The molecule has 1 amide bonds. The molecule has 2 fully saturated rings. The van der Waals surface area contributed by atoms with Crippen LogP contribution in [0, 0.1) is 0 Å². The lowest BCUT2D eigenvalue weighted by Gasteiger charge is -2.26. The number of nitrogens with zero attached hydrogens (tertiary/aromatic N) is 1. The maximum atomic E-state index is 12.1. The molecule has 0 spiro atoms. The van der Waals surface area contributed by atoms with Crippen molar-refractivity contribution >= 4 is 5.91 Å². The molecule has 0 atom stereocenters. The van der Waals surface area contributed by atoms with Crippen LogP contribution < -0.4 is 5.32 Å². The van der Waals surface area contributed by atoms with Crippen LogP contribution in [0.5, 0.6) is 0 Å². The molecule has 15 heavy (non-hydrogen) atoms. The van der Waals surface area contributed by atoms with Crippen molar-refractivity contribution in [3.05, 3.63) is 11.1 Å². The van der Waals surface area contributed by atoms with Crippen LogP contribution >= 0.6 is 0 Å². The lowest BCUT2D eigenvalue weighted by atomic mass is 10.0. The molecule has 0 radical (unpaired) electrons. The number of hydrogen-bond acceptors (Lipinski definition) is 3. The summed E-state index contributed by atoms with van der Waals surface area (Å²) in [5.74, 6) is 0.114. The third-order valence-electron chi connectivity index (χ3n) is 3.12. The summed E-state index contributed by atoms with van der Waals surface area (Å²) in [5, 5.41) is 12.1. The third kappa shape index (κ3) is 2.21. The van der Waals surface area contributed by atoms with Crippen LogP contribution in [-0.4, -0.2) is 48.2 Å². The Morgan fingerprint density at radius 2 is 2.20 bits per heavy atom. The van der Waals surface area contributed by atoms with Crippen LogP contribution in [-0.2, 0) is 4.79 Å². The van der Waals surface area contributed by atoms with Gasteiger partial charge in [-0.3, -0.25) is 4.79 Å². The molecular formula is C11H18N2O2. The second-order valence-electron chi connectivity index (χ2n) is 4.29. The van der Waals surface area contributed by atoms with Crippen molar-refractivity contribution in [2.24, 2.45) is 0 Å². The van der Waals surface area contributed by atoms with Crippen LogP contribution in [0.3, 0.4) is 0 Å². The number of carbonyl (C=O) groups is 1. The SMILES string of the molecule is CC(C(=O)N(CCO)C1CC1)=C1CNC1. The highest BCUT2D eigenvalue weighted by molar-refractivity contribution is 5.94. The van der Waals surface area contributed by atoms with Crippen LogP contribution in [0.2, 0.25) is 0 Å². The van der Waals surface area contributed by atoms with Gasteiger partial charge in [-0.2, -0.15) is 0 Å². The Kier molecular flexibility index (Phi) is 3.07. The lowest BCUT2D eigenvalue weighted by molar-refractivity contribution is -0.128. The van der Waals surface area contributed by atoms with Crippen LogP contribution in [0.1, 0.15) is 19.8 Å². The van der Waals surface area contributed by atoms with E-state index < -0.39 is 0 Å². The summed E-state index contributed by atoms with van der Waals surface area (Å²) in [7, 11) is 0. The van der Waals surface area contributed by atoms with E-state index in [1.165, 1.54) is 5.57 Å². The molecule has 0 aromatic carbocycles. The monoisotopic (exact) mass is 210 g/mol. The first kappa shape index (κ1) is 10.6. The van der Waals surface area contributed by atoms with Gasteiger partial charge in [-0.1, -0.05) is 0 Å². The molecule has 4 nitrogen and oxygen atoms in total. The zero-order chi connectivity index (χ0) is 10.8. The quantitative estimate of drug-likeness (QED) is 0.637. The number of carbonyl (C=O) groups excluding carboxylic acids is 1. The second-order valence-corrected chi connectivity index (χ2v) is 4.29. The number of nitrogens with one attached hydrogen (secondary N) is 1. The van der Waals surface area contributed by atoms with Crippen molar-refractivity contribution in [1.82, 2.24) is 10.2 Å². The molecule has 1 aliphatic carbocycles. The van der Waals surface area contributed by atoms with E-state index in [2.05, 4.69) is 5.32 Å². The summed E-state index contributed by atoms with van der Waals surface area (Å²) in [6.07, 6.45) is 2.18. The Morgan fingerprint density at radius 1 is 1.53 bits per heavy atom. The van der Waals surface area contributed by atoms with Gasteiger partial charge < -0.3 is 15.3 Å². The Balaban J connectivity index is 2.03. The van der Waals surface area contributed by atoms with Gasteiger partial charge in [-0.25, -0.2) is 0 Å². The van der Waals surface area contributed by atoms with Crippen molar-refractivity contribution in [2.45, 2.75) is 25.8 Å². The molecule has 0 bridgehead atoms. The predicted molar refractivity (Wildman–Crippen MR) is 57.4 cm³/mol. The van der Waals surface area contributed by atoms with Crippen LogP contribution in [0.15, 0.2) is 11.1 Å². The Hall–Kier alpha value is -0.870. The van der Waals surface area contributed by atoms with Gasteiger partial charge in [0.2, 0.25) is 5.91 Å². The highest BCUT2D eigenvalue weighted by Crippen LogP contribution is 2.28. The molecule has 1 heterocycles. The molecule has 1 aliphatic heterocycles. The number of hydrogen-bond donors (Lipinski definition) is 2. The summed E-state index contributed by atoms with van der Waals surface area (Å²) in [5.41, 5.74) is 2.08. The van der Waals surface area contributed by atoms with E-state index in [0.29, 0.717) is 12.6 Å². The average molecular weight is 210 g/mol. The molecule has 4 heteroatoms. The fraction of sp³-hybridized carbons (Fsp3) is 0.727. The minimum Gasteiger partial charge on any atom is -0.395 e. The molecule has 1 saturated carbocycles. The Bertz CT molecular complexity index is 289. The van der Waals surface area contributed by atoms with E-state index >= 15 is 0 Å². The van der Waals surface area contributed by atoms with Gasteiger partial charge in [0, 0.05) is 31.2 Å². The van der Waals surface area contributed by atoms with E-state index in [4.69, 9.17) is 5.11 Å². The number of aliphatic hydroxyl groups is 1. The first-order valence-electron chi connectivity index (χ1n) is 5.55. The number of aliphatic hydroxyl groups excluding tert-OH is 1. The standard InChI is InChI=1S/C11H18N2O2/c1-8(9-6-12-7-9)11(15)13(4-5-14)10-2-3-10/h10,12,14H,2-7H2,1H3. The van der Waals surface area contributed by atoms with Gasteiger partial charge in [0.15, 0.2) is 0 Å². The summed E-state index contributed by atoms with van der Waals surface area (Å²) < 4.78 is 0. The van der Waals surface area contributed by atoms with E-state index in [1.54, 1.807) is 0 Å². The fourth-order valence-electron chi connectivity index (χ4n) is 1.83. The average Bonchev–Trinajstić information content (AvgIpc) is 2.93. The smallest absolute Gasteiger partial charge is 0.249 e. The van der Waals surface area contributed by atoms with E-state index in [-0.39, 0.29) is 12.5 Å². The maximum Gasteiger partial charge on any atom is 0.249 e. The molecule has 1 saturated heterocycles. The summed E-state index contributed by atoms with van der Waals surface area (Å²) in [6, 6.07) is 0.383. The minimum absolute atomic E-state index is 0.0586. The Morgan fingerprint density at radius 3 is 2.60 bits per heavy atom. The molecule has 2 N–H and O–H groups in total. The van der Waals surface area contributed by atoms with Gasteiger partial charge in [0.25, 0.3) is 0 Å². The normalized spacial score (nSPS) is 19.7. The summed E-state index contributed by atoms with van der Waals surface area (Å²) in [6.45, 7) is 4.11. The van der Waals surface area contributed by atoms with Crippen LogP contribution in [0.25, 0.3) is 0 Å². The largest absolute Gasteiger partial charge is 0.395 e. The van der Waals surface area contributed by atoms with E-state index in [1.807, 2.05) is 11.8 Å². The highest BCUT2D eigenvalue weighted by atomic mass is 16.3. The summed E-state index contributed by atoms with van der Waals surface area (Å²) in [4.78, 5) is 13.9. The third-order valence-corrected chi connectivity index (χ3v) is 3.12. The first-order valence-corrected chi connectivity index (χ1v) is 5.55. The number of amides is 1. The number of rotatable bonds is 4. The van der Waals surface area contributed by atoms with Crippen molar-refractivity contribution < 1.29 is 9.90 Å². The molecule has 0 aromatic rings. The Labute approximate surface area is 90.0 Å². The van der Waals surface area contributed by atoms with Crippen LogP contribution in [0.4, 0.5) is 0 Å². The lowest BCUT2D eigenvalue weighted by Crippen LogP contribution is -2.40. The maximum absolute atomic E-state index is 12.1. The van der Waals surface area contributed by atoms with Gasteiger partial charge in [0.1, 0.15) is 0 Å². The minimum atomic E-state index is 0.0586. The first-order chi connectivity index (χ1) is 7.24. The van der Waals surface area contributed by atoms with Gasteiger partial charge >= 0.3 is 0 Å². The van der Waals surface area contributed by atoms with Gasteiger partial charge in [-0.15, -0.1) is 0 Å². The van der Waals surface area contributed by atoms with Crippen molar-refractivity contribution in [1.29, 1.82) is 0 Å². The van der Waals surface area contributed by atoms with E-state index in [9.17, 15) is 4.79 Å². The zero-order valence-corrected chi connectivity index (χ0v) is 9.12. The second kappa shape index (κ2) is 4.33. The van der Waals surface area contributed by atoms with Gasteiger partial charge in [0.05, 0.1) is 6.61 Å². The molecular weight excluding hydrogens is 192 g/mol. The molecule has 2 aliphatic rings. The van der Waals surface area contributed by atoms with E-state index in [0.717, 1.165) is 31.5 Å². The summed E-state index contributed by atoms with van der Waals surface area (Å²) >= 11 is 0. The van der Waals surface area contributed by atoms with Crippen molar-refractivity contribution in [3.8, 4) is 0 Å². The molecule has 2 rings (SSSR count). The topological polar surface area (TPSA) is 52.6 Å². The van der Waals surface area contributed by atoms with Crippen molar-refractivity contribution in [2.75, 3.05) is 26.2 Å².